The van der Waals surface area contributed by atoms with Crippen LogP contribution in [0.3, 0.4) is 0 Å². The fourth-order valence-corrected chi connectivity index (χ4v) is 5.62. The molecule has 1 heterocycles. The summed E-state index contributed by atoms with van der Waals surface area (Å²) in [5, 5.41) is 6.03. The number of benzene rings is 3. The van der Waals surface area contributed by atoms with Crippen LogP contribution in [0.1, 0.15) is 47.7 Å². The van der Waals surface area contributed by atoms with Gasteiger partial charge in [0.25, 0.3) is 5.91 Å². The normalized spacial score (nSPS) is 17.0. The van der Waals surface area contributed by atoms with E-state index < -0.39 is 11.6 Å². The maximum atomic E-state index is 13.0. The Bertz CT molecular complexity index is 1280. The zero-order chi connectivity index (χ0) is 27.3. The minimum atomic E-state index is -0.895. The molecular weight excluding hydrogens is 476 g/mol. The summed E-state index contributed by atoms with van der Waals surface area (Å²) in [7, 11) is 3.98. The van der Waals surface area contributed by atoms with Gasteiger partial charge in [0.15, 0.2) is 0 Å². The summed E-state index contributed by atoms with van der Waals surface area (Å²) < 4.78 is 0. The first kappa shape index (κ1) is 27.0. The van der Waals surface area contributed by atoms with Crippen LogP contribution in [0.4, 0.5) is 21.9 Å². The number of amides is 3. The summed E-state index contributed by atoms with van der Waals surface area (Å²) in [6.45, 7) is 4.14. The first-order chi connectivity index (χ1) is 18.2. The van der Waals surface area contributed by atoms with Gasteiger partial charge in [-0.2, -0.15) is 0 Å². The number of para-hydroxylation sites is 3. The molecule has 200 valence electrons. The average molecular weight is 515 g/mol. The lowest BCUT2D eigenvalue weighted by molar-refractivity contribution is 0.102. The minimum Gasteiger partial charge on any atom is -0.397 e. The van der Waals surface area contributed by atoms with E-state index >= 15 is 0 Å². The Morgan fingerprint density at radius 1 is 1.03 bits per heavy atom. The first-order valence-corrected chi connectivity index (χ1v) is 13.1. The number of nitrogens with two attached hydrogens (primary N) is 2. The molecule has 0 bridgehead atoms. The van der Waals surface area contributed by atoms with Gasteiger partial charge in [-0.1, -0.05) is 49.4 Å². The van der Waals surface area contributed by atoms with E-state index in [0.29, 0.717) is 23.4 Å². The third-order valence-corrected chi connectivity index (χ3v) is 7.48. The topological polar surface area (TPSA) is 117 Å². The van der Waals surface area contributed by atoms with Crippen molar-refractivity contribution in [2.45, 2.75) is 37.8 Å². The lowest BCUT2D eigenvalue weighted by Crippen LogP contribution is -2.52. The molecular formula is C30H38N6O2. The Balaban J connectivity index is 1.79. The van der Waals surface area contributed by atoms with Crippen LogP contribution in [0.15, 0.2) is 72.8 Å². The van der Waals surface area contributed by atoms with E-state index in [1.165, 1.54) is 0 Å². The summed E-state index contributed by atoms with van der Waals surface area (Å²) in [6.07, 6.45) is 2.81. The molecule has 4 rings (SSSR count). The Kier molecular flexibility index (Phi) is 8.22. The molecule has 2 unspecified atom stereocenters. The molecule has 0 saturated carbocycles. The fraction of sp³-hybridized carbons (Fsp3) is 0.333. The van der Waals surface area contributed by atoms with Gasteiger partial charge in [0.05, 0.1) is 16.9 Å². The van der Waals surface area contributed by atoms with Gasteiger partial charge in [-0.3, -0.25) is 4.79 Å². The third kappa shape index (κ3) is 5.60. The number of anilines is 3. The Morgan fingerprint density at radius 3 is 2.37 bits per heavy atom. The van der Waals surface area contributed by atoms with Crippen molar-refractivity contribution >= 4 is 29.0 Å². The quantitative estimate of drug-likeness (QED) is 0.316. The maximum absolute atomic E-state index is 13.0. The van der Waals surface area contributed by atoms with E-state index in [1.807, 2.05) is 61.5 Å². The van der Waals surface area contributed by atoms with Crippen LogP contribution in [0, 0.1) is 0 Å². The van der Waals surface area contributed by atoms with Crippen LogP contribution in [0.25, 0.3) is 0 Å². The van der Waals surface area contributed by atoms with Crippen LogP contribution in [-0.4, -0.2) is 50.1 Å². The fourth-order valence-electron chi connectivity index (χ4n) is 5.62. The van der Waals surface area contributed by atoms with E-state index in [-0.39, 0.29) is 11.9 Å². The molecule has 6 N–H and O–H groups in total. The molecule has 3 aromatic rings. The monoisotopic (exact) mass is 514 g/mol. The second-order valence-electron chi connectivity index (χ2n) is 10.1. The Morgan fingerprint density at radius 2 is 1.71 bits per heavy atom. The van der Waals surface area contributed by atoms with E-state index in [2.05, 4.69) is 28.5 Å². The molecule has 38 heavy (non-hydrogen) atoms. The highest BCUT2D eigenvalue weighted by atomic mass is 16.2. The number of primary amides is 1. The van der Waals surface area contributed by atoms with Crippen LogP contribution >= 0.6 is 0 Å². The third-order valence-electron chi connectivity index (χ3n) is 7.48. The summed E-state index contributed by atoms with van der Waals surface area (Å²) in [5.41, 5.74) is 15.3. The van der Waals surface area contributed by atoms with Gasteiger partial charge in [0.2, 0.25) is 0 Å². The van der Waals surface area contributed by atoms with Crippen molar-refractivity contribution in [3.8, 4) is 0 Å². The smallest absolute Gasteiger partial charge is 0.313 e. The molecule has 1 aliphatic rings. The number of rotatable bonds is 9. The highest BCUT2D eigenvalue weighted by molar-refractivity contribution is 6.05. The van der Waals surface area contributed by atoms with E-state index in [4.69, 9.17) is 11.5 Å². The van der Waals surface area contributed by atoms with E-state index in [0.717, 1.165) is 42.7 Å². The largest absolute Gasteiger partial charge is 0.397 e. The lowest BCUT2D eigenvalue weighted by atomic mass is 9.76. The molecule has 2 atom stereocenters. The number of likely N-dealkylation sites (tertiary alicyclic amines) is 1. The summed E-state index contributed by atoms with van der Waals surface area (Å²) in [6, 6.07) is 22.3. The van der Waals surface area contributed by atoms with Crippen LogP contribution in [0.2, 0.25) is 0 Å². The van der Waals surface area contributed by atoms with Gasteiger partial charge in [-0.05, 0) is 68.2 Å². The van der Waals surface area contributed by atoms with Gasteiger partial charge in [0.1, 0.15) is 0 Å². The zero-order valence-corrected chi connectivity index (χ0v) is 22.4. The predicted molar refractivity (Wildman–Crippen MR) is 154 cm³/mol. The van der Waals surface area contributed by atoms with Gasteiger partial charge < -0.3 is 31.9 Å². The SMILES string of the molecule is CCN1CCCC1CC(NC(N)=O)(c1ccc(C(=O)Nc2ccccc2N)cc1)c1ccccc1N(C)C. The van der Waals surface area contributed by atoms with Crippen LogP contribution in [0.5, 0.6) is 0 Å². The van der Waals surface area contributed by atoms with Gasteiger partial charge in [-0.25, -0.2) is 4.79 Å². The molecule has 0 spiro atoms. The molecule has 3 aromatic carbocycles. The number of hydrogen-bond donors (Lipinski definition) is 4. The number of carbonyl (C=O) groups excluding carboxylic acids is 2. The first-order valence-electron chi connectivity index (χ1n) is 13.1. The van der Waals surface area contributed by atoms with E-state index in [9.17, 15) is 9.59 Å². The van der Waals surface area contributed by atoms with E-state index in [1.54, 1.807) is 24.3 Å². The number of nitrogens with one attached hydrogen (secondary N) is 2. The highest BCUT2D eigenvalue weighted by Crippen LogP contribution is 2.42. The van der Waals surface area contributed by atoms with Gasteiger partial charge >= 0.3 is 6.03 Å². The van der Waals surface area contributed by atoms with Crippen molar-refractivity contribution in [2.75, 3.05) is 43.1 Å². The highest BCUT2D eigenvalue weighted by Gasteiger charge is 2.42. The number of urea groups is 1. The van der Waals surface area contributed by atoms with Gasteiger partial charge in [-0.15, -0.1) is 0 Å². The van der Waals surface area contributed by atoms with Crippen LogP contribution < -0.4 is 27.0 Å². The minimum absolute atomic E-state index is 0.260. The predicted octanol–water partition coefficient (Wildman–Crippen LogP) is 4.37. The van der Waals surface area contributed by atoms with Gasteiger partial charge in [0, 0.05) is 37.0 Å². The molecule has 8 heteroatoms. The van der Waals surface area contributed by atoms with Crippen molar-refractivity contribution in [1.29, 1.82) is 0 Å². The number of nitrogens with zero attached hydrogens (tertiary/aromatic N) is 2. The molecule has 0 radical (unpaired) electrons. The maximum Gasteiger partial charge on any atom is 0.313 e. The Labute approximate surface area is 225 Å². The molecule has 3 amide bonds. The van der Waals surface area contributed by atoms with Crippen molar-refractivity contribution in [1.82, 2.24) is 10.2 Å². The second kappa shape index (κ2) is 11.6. The zero-order valence-electron chi connectivity index (χ0n) is 22.4. The van der Waals surface area contributed by atoms with Crippen molar-refractivity contribution in [3.63, 3.8) is 0 Å². The van der Waals surface area contributed by atoms with Crippen LogP contribution in [-0.2, 0) is 5.54 Å². The summed E-state index contributed by atoms with van der Waals surface area (Å²) in [5.74, 6) is -0.260. The number of carbonyl (C=O) groups is 2. The molecule has 1 fully saturated rings. The van der Waals surface area contributed by atoms with Crippen molar-refractivity contribution in [3.05, 3.63) is 89.5 Å². The number of nitrogen functional groups attached to an aromatic ring is 1. The number of hydrogen-bond acceptors (Lipinski definition) is 5. The van der Waals surface area contributed by atoms with Crippen molar-refractivity contribution < 1.29 is 9.59 Å². The van der Waals surface area contributed by atoms with Crippen molar-refractivity contribution in [2.24, 2.45) is 5.73 Å². The molecule has 0 aromatic heterocycles. The summed E-state index contributed by atoms with van der Waals surface area (Å²) in [4.78, 5) is 30.1. The lowest BCUT2D eigenvalue weighted by Gasteiger charge is -2.41. The second-order valence-corrected chi connectivity index (χ2v) is 10.1. The Hall–Kier alpha value is -4.04. The molecule has 0 aliphatic carbocycles. The molecule has 8 nitrogen and oxygen atoms in total. The average Bonchev–Trinajstić information content (AvgIpc) is 3.36. The summed E-state index contributed by atoms with van der Waals surface area (Å²) >= 11 is 0. The standard InChI is InChI=1S/C30H38N6O2/c1-4-36-19-9-10-23(36)20-30(34-29(32)38,24-11-5-8-14-27(24)35(2)3)22-17-15-21(16-18-22)28(37)33-26-13-7-6-12-25(26)31/h5-8,11-18,23H,4,9-10,19-20,31H2,1-3H3,(H,33,37)(H3,32,34,38). The molecule has 1 saturated heterocycles. The molecule has 1 aliphatic heterocycles.